The average molecular weight is 353 g/mol. The van der Waals surface area contributed by atoms with Gasteiger partial charge in [-0.05, 0) is 64.3 Å². The highest BCUT2D eigenvalue weighted by molar-refractivity contribution is 9.10. The quantitative estimate of drug-likeness (QED) is 0.813. The van der Waals surface area contributed by atoms with Gasteiger partial charge in [-0.1, -0.05) is 28.8 Å². The molecule has 2 rings (SSSR count). The summed E-state index contributed by atoms with van der Waals surface area (Å²) in [5, 5.41) is 3.63. The first-order valence-electron chi connectivity index (χ1n) is 8.17. The molecule has 21 heavy (non-hydrogen) atoms. The van der Waals surface area contributed by atoms with Crippen molar-refractivity contribution >= 4 is 21.6 Å². The van der Waals surface area contributed by atoms with Crippen molar-refractivity contribution in [3.8, 4) is 0 Å². The monoisotopic (exact) mass is 352 g/mol. The lowest BCUT2D eigenvalue weighted by Crippen LogP contribution is -2.37. The van der Waals surface area contributed by atoms with Crippen LogP contribution in [0.1, 0.15) is 58.9 Å². The SMILES string of the molecule is CC1CCCCCN1c1ccc(Br)cc1CNC(C)(C)C. The van der Waals surface area contributed by atoms with Crippen molar-refractivity contribution in [3.63, 3.8) is 0 Å². The Morgan fingerprint density at radius 1 is 1.24 bits per heavy atom. The van der Waals surface area contributed by atoms with Gasteiger partial charge in [-0.3, -0.25) is 0 Å². The van der Waals surface area contributed by atoms with E-state index in [9.17, 15) is 0 Å². The molecule has 1 saturated heterocycles. The van der Waals surface area contributed by atoms with Crippen molar-refractivity contribution in [2.75, 3.05) is 11.4 Å². The van der Waals surface area contributed by atoms with Crippen LogP contribution in [0.3, 0.4) is 0 Å². The summed E-state index contributed by atoms with van der Waals surface area (Å²) in [6, 6.07) is 7.37. The van der Waals surface area contributed by atoms with E-state index in [-0.39, 0.29) is 5.54 Å². The maximum atomic E-state index is 3.63. The average Bonchev–Trinajstić information content (AvgIpc) is 2.61. The third-order valence-electron chi connectivity index (χ3n) is 4.21. The van der Waals surface area contributed by atoms with Crippen molar-refractivity contribution in [2.45, 2.75) is 71.5 Å². The minimum Gasteiger partial charge on any atom is -0.369 e. The van der Waals surface area contributed by atoms with E-state index in [1.165, 1.54) is 48.0 Å². The Hall–Kier alpha value is -0.540. The summed E-state index contributed by atoms with van der Waals surface area (Å²) in [5.41, 5.74) is 2.95. The lowest BCUT2D eigenvalue weighted by atomic mass is 10.1. The van der Waals surface area contributed by atoms with Gasteiger partial charge in [0.05, 0.1) is 0 Å². The molecular formula is C18H29BrN2. The lowest BCUT2D eigenvalue weighted by Gasteiger charge is -2.32. The van der Waals surface area contributed by atoms with Crippen molar-refractivity contribution in [1.82, 2.24) is 5.32 Å². The second kappa shape index (κ2) is 7.15. The van der Waals surface area contributed by atoms with Gasteiger partial charge in [-0.25, -0.2) is 0 Å². The van der Waals surface area contributed by atoms with E-state index in [0.717, 1.165) is 6.54 Å². The third kappa shape index (κ3) is 5.00. The van der Waals surface area contributed by atoms with Crippen molar-refractivity contribution < 1.29 is 0 Å². The zero-order valence-corrected chi connectivity index (χ0v) is 15.5. The molecule has 1 N–H and O–H groups in total. The fraction of sp³-hybridized carbons (Fsp3) is 0.667. The van der Waals surface area contributed by atoms with Gasteiger partial charge in [0.1, 0.15) is 0 Å². The summed E-state index contributed by atoms with van der Waals surface area (Å²) in [6.45, 7) is 11.1. The minimum atomic E-state index is 0.143. The highest BCUT2D eigenvalue weighted by Crippen LogP contribution is 2.30. The molecule has 0 radical (unpaired) electrons. The van der Waals surface area contributed by atoms with Gasteiger partial charge in [0.15, 0.2) is 0 Å². The minimum absolute atomic E-state index is 0.143. The largest absolute Gasteiger partial charge is 0.369 e. The Morgan fingerprint density at radius 3 is 2.71 bits per heavy atom. The summed E-state index contributed by atoms with van der Waals surface area (Å²) >= 11 is 3.63. The van der Waals surface area contributed by atoms with Crippen LogP contribution >= 0.6 is 15.9 Å². The van der Waals surface area contributed by atoms with Crippen LogP contribution in [-0.2, 0) is 6.54 Å². The van der Waals surface area contributed by atoms with Crippen LogP contribution in [0.25, 0.3) is 0 Å². The maximum Gasteiger partial charge on any atom is 0.0415 e. The van der Waals surface area contributed by atoms with Crippen LogP contribution in [-0.4, -0.2) is 18.1 Å². The molecule has 1 atom stereocenters. The molecule has 1 fully saturated rings. The van der Waals surface area contributed by atoms with Crippen LogP contribution in [0.5, 0.6) is 0 Å². The molecule has 3 heteroatoms. The number of anilines is 1. The van der Waals surface area contributed by atoms with E-state index < -0.39 is 0 Å². The summed E-state index contributed by atoms with van der Waals surface area (Å²) in [6.07, 6.45) is 5.35. The predicted molar refractivity (Wildman–Crippen MR) is 96.0 cm³/mol. The lowest BCUT2D eigenvalue weighted by molar-refractivity contribution is 0.424. The van der Waals surface area contributed by atoms with E-state index in [1.807, 2.05) is 0 Å². The van der Waals surface area contributed by atoms with Crippen LogP contribution in [0.4, 0.5) is 5.69 Å². The maximum absolute atomic E-state index is 3.63. The van der Waals surface area contributed by atoms with Gasteiger partial charge in [-0.2, -0.15) is 0 Å². The van der Waals surface area contributed by atoms with Gasteiger partial charge >= 0.3 is 0 Å². The van der Waals surface area contributed by atoms with Gasteiger partial charge in [0, 0.05) is 34.8 Å². The molecule has 0 saturated carbocycles. The highest BCUT2D eigenvalue weighted by Gasteiger charge is 2.20. The molecule has 1 aliphatic heterocycles. The summed E-state index contributed by atoms with van der Waals surface area (Å²) in [5.74, 6) is 0. The topological polar surface area (TPSA) is 15.3 Å². The predicted octanol–water partition coefficient (Wildman–Crippen LogP) is 5.11. The Balaban J connectivity index is 2.24. The molecule has 1 heterocycles. The Kier molecular flexibility index (Phi) is 5.73. The van der Waals surface area contributed by atoms with Gasteiger partial charge in [0.2, 0.25) is 0 Å². The molecule has 2 nitrogen and oxygen atoms in total. The fourth-order valence-corrected chi connectivity index (χ4v) is 3.38. The first-order valence-corrected chi connectivity index (χ1v) is 8.96. The highest BCUT2D eigenvalue weighted by atomic mass is 79.9. The van der Waals surface area contributed by atoms with Gasteiger partial charge < -0.3 is 10.2 Å². The molecule has 0 aromatic heterocycles. The molecule has 1 aromatic carbocycles. The molecule has 1 aromatic rings. The van der Waals surface area contributed by atoms with Gasteiger partial charge in [0.25, 0.3) is 0 Å². The van der Waals surface area contributed by atoms with Crippen molar-refractivity contribution in [1.29, 1.82) is 0 Å². The van der Waals surface area contributed by atoms with Crippen molar-refractivity contribution in [3.05, 3.63) is 28.2 Å². The molecule has 118 valence electrons. The molecule has 0 spiro atoms. The number of nitrogens with zero attached hydrogens (tertiary/aromatic N) is 1. The smallest absolute Gasteiger partial charge is 0.0415 e. The summed E-state index contributed by atoms with van der Waals surface area (Å²) in [4.78, 5) is 2.61. The molecule has 0 bridgehead atoms. The first kappa shape index (κ1) is 16.8. The zero-order chi connectivity index (χ0) is 15.5. The van der Waals surface area contributed by atoms with Gasteiger partial charge in [-0.15, -0.1) is 0 Å². The number of hydrogen-bond donors (Lipinski definition) is 1. The number of rotatable bonds is 3. The number of hydrogen-bond acceptors (Lipinski definition) is 2. The summed E-state index contributed by atoms with van der Waals surface area (Å²) in [7, 11) is 0. The second-order valence-corrected chi connectivity index (χ2v) is 8.18. The zero-order valence-electron chi connectivity index (χ0n) is 13.9. The molecule has 0 amide bonds. The van der Waals surface area contributed by atoms with Crippen LogP contribution < -0.4 is 10.2 Å². The molecule has 0 aliphatic carbocycles. The molecular weight excluding hydrogens is 324 g/mol. The normalized spacial score (nSPS) is 20.4. The Labute approximate surface area is 138 Å². The fourth-order valence-electron chi connectivity index (χ4n) is 2.97. The van der Waals surface area contributed by atoms with E-state index in [0.29, 0.717) is 6.04 Å². The summed E-state index contributed by atoms with van der Waals surface area (Å²) < 4.78 is 1.17. The van der Waals surface area contributed by atoms with E-state index in [4.69, 9.17) is 0 Å². The van der Waals surface area contributed by atoms with E-state index in [1.54, 1.807) is 0 Å². The van der Waals surface area contributed by atoms with E-state index in [2.05, 4.69) is 72.0 Å². The van der Waals surface area contributed by atoms with Crippen LogP contribution in [0, 0.1) is 0 Å². The number of nitrogens with one attached hydrogen (secondary N) is 1. The van der Waals surface area contributed by atoms with Crippen molar-refractivity contribution in [2.24, 2.45) is 0 Å². The molecule has 1 unspecified atom stereocenters. The number of benzene rings is 1. The van der Waals surface area contributed by atoms with Crippen LogP contribution in [0.15, 0.2) is 22.7 Å². The van der Waals surface area contributed by atoms with E-state index >= 15 is 0 Å². The third-order valence-corrected chi connectivity index (χ3v) is 4.71. The standard InChI is InChI=1S/C18H29BrN2/c1-14-8-6-5-7-11-21(14)17-10-9-16(19)12-15(17)13-20-18(2,3)4/h9-10,12,14,20H,5-8,11,13H2,1-4H3. The first-order chi connectivity index (χ1) is 9.87. The van der Waals surface area contributed by atoms with Crippen LogP contribution in [0.2, 0.25) is 0 Å². The number of halogens is 1. The Morgan fingerprint density at radius 2 is 2.00 bits per heavy atom. The Bertz CT molecular complexity index is 465. The molecule has 1 aliphatic rings. The second-order valence-electron chi connectivity index (χ2n) is 7.27.